The lowest BCUT2D eigenvalue weighted by molar-refractivity contribution is 0.415. The van der Waals surface area contributed by atoms with Gasteiger partial charge in [0.15, 0.2) is 0 Å². The zero-order chi connectivity index (χ0) is 15.1. The fourth-order valence-corrected chi connectivity index (χ4v) is 3.51. The van der Waals surface area contributed by atoms with Crippen molar-refractivity contribution in [1.29, 1.82) is 0 Å². The predicted octanol–water partition coefficient (Wildman–Crippen LogP) is 5.10. The highest BCUT2D eigenvalue weighted by Gasteiger charge is 2.28. The van der Waals surface area contributed by atoms with Gasteiger partial charge in [0.2, 0.25) is 0 Å². The summed E-state index contributed by atoms with van der Waals surface area (Å²) in [5.41, 5.74) is 4.02. The Hall–Kier alpha value is -2.48. The fraction of sp³-hybridized carbons (Fsp3) is 0.200. The molecule has 0 aromatic heterocycles. The van der Waals surface area contributed by atoms with Crippen LogP contribution in [0.3, 0.4) is 0 Å². The maximum absolute atomic E-state index is 5.26. The lowest BCUT2D eigenvalue weighted by Crippen LogP contribution is -2.14. The normalized spacial score (nSPS) is 16.8. The second-order valence-corrected chi connectivity index (χ2v) is 5.93. The van der Waals surface area contributed by atoms with Gasteiger partial charge in [0.25, 0.3) is 0 Å². The topological polar surface area (TPSA) is 12.5 Å². The lowest BCUT2D eigenvalue weighted by atomic mass is 9.96. The third kappa shape index (κ3) is 1.95. The summed E-state index contributed by atoms with van der Waals surface area (Å²) in [7, 11) is 1.70. The number of rotatable bonds is 2. The lowest BCUT2D eigenvalue weighted by Gasteiger charge is -2.20. The van der Waals surface area contributed by atoms with E-state index >= 15 is 0 Å². The van der Waals surface area contributed by atoms with E-state index in [1.165, 1.54) is 27.7 Å². The summed E-state index contributed by atoms with van der Waals surface area (Å²) >= 11 is 0. The zero-order valence-corrected chi connectivity index (χ0v) is 12.9. The van der Waals surface area contributed by atoms with Crippen molar-refractivity contribution in [3.8, 4) is 5.75 Å². The predicted molar refractivity (Wildman–Crippen MR) is 92.4 cm³/mol. The molecule has 0 fully saturated rings. The van der Waals surface area contributed by atoms with Gasteiger partial charge in [0, 0.05) is 23.8 Å². The molecular weight excluding hydrogens is 270 g/mol. The minimum absolute atomic E-state index is 0.531. The summed E-state index contributed by atoms with van der Waals surface area (Å²) in [6, 6.07) is 21.5. The molecule has 0 saturated carbocycles. The number of ether oxygens (including phenoxy) is 1. The van der Waals surface area contributed by atoms with Crippen molar-refractivity contribution in [2.45, 2.75) is 12.8 Å². The Morgan fingerprint density at radius 1 is 0.955 bits per heavy atom. The van der Waals surface area contributed by atoms with Crippen LogP contribution in [0.5, 0.6) is 5.75 Å². The minimum atomic E-state index is 0.531. The van der Waals surface area contributed by atoms with E-state index in [1.54, 1.807) is 7.11 Å². The molecule has 110 valence electrons. The van der Waals surface area contributed by atoms with Crippen molar-refractivity contribution in [2.24, 2.45) is 0 Å². The molecule has 1 heterocycles. The largest absolute Gasteiger partial charge is 0.497 e. The van der Waals surface area contributed by atoms with Crippen LogP contribution in [0.15, 0.2) is 60.7 Å². The quantitative estimate of drug-likeness (QED) is 0.650. The standard InChI is InChI=1S/C20H19NO/c1-14-13-21(16-8-10-17(22-2)11-9-16)19-12-7-15-5-3-4-6-18(15)20(14)19/h3-12,14H,13H2,1-2H3. The van der Waals surface area contributed by atoms with Crippen LogP contribution in [-0.4, -0.2) is 13.7 Å². The van der Waals surface area contributed by atoms with E-state index in [4.69, 9.17) is 4.74 Å². The monoisotopic (exact) mass is 289 g/mol. The molecule has 2 nitrogen and oxygen atoms in total. The molecule has 4 rings (SSSR count). The smallest absolute Gasteiger partial charge is 0.119 e. The second kappa shape index (κ2) is 5.06. The summed E-state index contributed by atoms with van der Waals surface area (Å²) in [6.45, 7) is 3.34. The van der Waals surface area contributed by atoms with E-state index in [9.17, 15) is 0 Å². The van der Waals surface area contributed by atoms with Crippen molar-refractivity contribution in [3.05, 3.63) is 66.2 Å². The van der Waals surface area contributed by atoms with E-state index in [0.29, 0.717) is 5.92 Å². The Morgan fingerprint density at radius 3 is 2.50 bits per heavy atom. The molecule has 0 N–H and O–H groups in total. The van der Waals surface area contributed by atoms with Crippen molar-refractivity contribution in [2.75, 3.05) is 18.6 Å². The van der Waals surface area contributed by atoms with Gasteiger partial charge < -0.3 is 9.64 Å². The number of benzene rings is 3. The van der Waals surface area contributed by atoms with Gasteiger partial charge in [0.05, 0.1) is 7.11 Å². The average Bonchev–Trinajstić information content (AvgIpc) is 2.92. The molecule has 0 bridgehead atoms. The van der Waals surface area contributed by atoms with Crippen molar-refractivity contribution >= 4 is 22.1 Å². The molecule has 0 saturated heterocycles. The Balaban J connectivity index is 1.84. The van der Waals surface area contributed by atoms with Crippen molar-refractivity contribution in [3.63, 3.8) is 0 Å². The Labute approximate surface area is 130 Å². The fourth-order valence-electron chi connectivity index (χ4n) is 3.51. The molecule has 0 amide bonds. The van der Waals surface area contributed by atoms with Gasteiger partial charge >= 0.3 is 0 Å². The van der Waals surface area contributed by atoms with Crippen molar-refractivity contribution in [1.82, 2.24) is 0 Å². The van der Waals surface area contributed by atoms with E-state index in [2.05, 4.69) is 60.4 Å². The minimum Gasteiger partial charge on any atom is -0.497 e. The Morgan fingerprint density at radius 2 is 1.73 bits per heavy atom. The molecular formula is C20H19NO. The summed E-state index contributed by atoms with van der Waals surface area (Å²) in [6.07, 6.45) is 0. The number of methoxy groups -OCH3 is 1. The van der Waals surface area contributed by atoms with Crippen LogP contribution in [0.1, 0.15) is 18.4 Å². The van der Waals surface area contributed by atoms with Crippen LogP contribution in [0.25, 0.3) is 10.8 Å². The first kappa shape index (κ1) is 13.2. The van der Waals surface area contributed by atoms with Gasteiger partial charge in [-0.1, -0.05) is 37.3 Å². The van der Waals surface area contributed by atoms with Crippen LogP contribution in [0.2, 0.25) is 0 Å². The van der Waals surface area contributed by atoms with Gasteiger partial charge in [-0.2, -0.15) is 0 Å². The summed E-state index contributed by atoms with van der Waals surface area (Å²) in [5.74, 6) is 1.43. The number of anilines is 2. The van der Waals surface area contributed by atoms with Gasteiger partial charge in [-0.25, -0.2) is 0 Å². The molecule has 1 unspecified atom stereocenters. The molecule has 2 heteroatoms. The van der Waals surface area contributed by atoms with Gasteiger partial charge in [-0.3, -0.25) is 0 Å². The highest BCUT2D eigenvalue weighted by Crippen LogP contribution is 2.44. The van der Waals surface area contributed by atoms with E-state index < -0.39 is 0 Å². The second-order valence-electron chi connectivity index (χ2n) is 5.93. The number of hydrogen-bond donors (Lipinski definition) is 0. The first-order chi connectivity index (χ1) is 10.8. The van der Waals surface area contributed by atoms with Crippen LogP contribution >= 0.6 is 0 Å². The molecule has 1 aliphatic rings. The van der Waals surface area contributed by atoms with Gasteiger partial charge in [-0.05, 0) is 46.7 Å². The first-order valence-corrected chi connectivity index (χ1v) is 7.71. The van der Waals surface area contributed by atoms with Crippen LogP contribution in [-0.2, 0) is 0 Å². The van der Waals surface area contributed by atoms with E-state index in [-0.39, 0.29) is 0 Å². The summed E-state index contributed by atoms with van der Waals surface area (Å²) in [5, 5.41) is 2.70. The molecule has 1 aliphatic heterocycles. The summed E-state index contributed by atoms with van der Waals surface area (Å²) < 4.78 is 5.26. The third-order valence-electron chi connectivity index (χ3n) is 4.57. The Kier molecular flexibility index (Phi) is 3.04. The number of hydrogen-bond acceptors (Lipinski definition) is 2. The van der Waals surface area contributed by atoms with Crippen LogP contribution < -0.4 is 9.64 Å². The maximum Gasteiger partial charge on any atom is 0.119 e. The molecule has 3 aromatic carbocycles. The van der Waals surface area contributed by atoms with Crippen molar-refractivity contribution < 1.29 is 4.74 Å². The number of nitrogens with zero attached hydrogens (tertiary/aromatic N) is 1. The average molecular weight is 289 g/mol. The molecule has 22 heavy (non-hydrogen) atoms. The van der Waals surface area contributed by atoms with E-state index in [1.807, 2.05) is 12.1 Å². The van der Waals surface area contributed by atoms with Crippen LogP contribution in [0.4, 0.5) is 11.4 Å². The molecule has 1 atom stereocenters. The van der Waals surface area contributed by atoms with Crippen LogP contribution in [0, 0.1) is 0 Å². The highest BCUT2D eigenvalue weighted by molar-refractivity contribution is 5.93. The maximum atomic E-state index is 5.26. The third-order valence-corrected chi connectivity index (χ3v) is 4.57. The Bertz CT molecular complexity index is 823. The zero-order valence-electron chi connectivity index (χ0n) is 12.9. The molecule has 0 spiro atoms. The highest BCUT2D eigenvalue weighted by atomic mass is 16.5. The van der Waals surface area contributed by atoms with E-state index in [0.717, 1.165) is 12.3 Å². The molecule has 3 aromatic rings. The first-order valence-electron chi connectivity index (χ1n) is 7.71. The van der Waals surface area contributed by atoms with Gasteiger partial charge in [0.1, 0.15) is 5.75 Å². The summed E-state index contributed by atoms with van der Waals surface area (Å²) in [4.78, 5) is 2.41. The molecule has 0 aliphatic carbocycles. The molecule has 0 radical (unpaired) electrons. The van der Waals surface area contributed by atoms with Gasteiger partial charge in [-0.15, -0.1) is 0 Å². The number of fused-ring (bicyclic) bond motifs is 3. The SMILES string of the molecule is COc1ccc(N2CC(C)c3c2ccc2ccccc32)cc1.